The molecule has 1 aromatic rings. The van der Waals surface area contributed by atoms with Crippen molar-refractivity contribution < 1.29 is 8.42 Å². The summed E-state index contributed by atoms with van der Waals surface area (Å²) in [6.45, 7) is 0. The van der Waals surface area contributed by atoms with Crippen LogP contribution in [-0.2, 0) is 10.0 Å². The van der Waals surface area contributed by atoms with Crippen LogP contribution in [0.4, 0.5) is 0 Å². The van der Waals surface area contributed by atoms with Crippen LogP contribution in [0.5, 0.6) is 0 Å². The van der Waals surface area contributed by atoms with Crippen LogP contribution in [0.15, 0.2) is 35.2 Å². The van der Waals surface area contributed by atoms with Gasteiger partial charge in [0.1, 0.15) is 0 Å². The molecule has 0 unspecified atom stereocenters. The molecule has 0 atom stereocenters. The van der Waals surface area contributed by atoms with Crippen molar-refractivity contribution in [2.75, 3.05) is 0 Å². The van der Waals surface area contributed by atoms with E-state index in [9.17, 15) is 8.42 Å². The van der Waals surface area contributed by atoms with Gasteiger partial charge in [0.25, 0.3) is 10.0 Å². The fraction of sp³-hybridized carbons (Fsp3) is 0. The number of hydrogen-bond donors (Lipinski definition) is 0. The molecule has 0 fully saturated rings. The highest BCUT2D eigenvalue weighted by atomic mass is 127. The molecule has 0 aliphatic rings. The SMILES string of the molecule is O=S(=O)(c1ccccc1)N(I)I. The molecule has 12 heavy (non-hydrogen) atoms. The zero-order valence-corrected chi connectivity index (χ0v) is 10.9. The first kappa shape index (κ1) is 10.7. The summed E-state index contributed by atoms with van der Waals surface area (Å²) in [4.78, 5) is 0.314. The summed E-state index contributed by atoms with van der Waals surface area (Å²) in [5.74, 6) is 0. The number of hydrogen-bond acceptors (Lipinski definition) is 2. The first-order valence-corrected chi connectivity index (χ1v) is 6.34. The van der Waals surface area contributed by atoms with Gasteiger partial charge in [-0.1, -0.05) is 18.9 Å². The average molecular weight is 409 g/mol. The first-order valence-electron chi connectivity index (χ1n) is 2.97. The van der Waals surface area contributed by atoms with Crippen molar-refractivity contribution in [1.82, 2.24) is 0.732 Å². The van der Waals surface area contributed by atoms with E-state index in [1.54, 1.807) is 76.1 Å². The Labute approximate surface area is 99.2 Å². The molecule has 0 radical (unpaired) electrons. The third-order valence-electron chi connectivity index (χ3n) is 1.22. The largest absolute Gasteiger partial charge is 0.260 e. The summed E-state index contributed by atoms with van der Waals surface area (Å²) >= 11 is 3.44. The number of benzene rings is 1. The van der Waals surface area contributed by atoms with Crippen LogP contribution in [0.25, 0.3) is 0 Å². The second-order valence-electron chi connectivity index (χ2n) is 1.99. The number of halogens is 2. The van der Waals surface area contributed by atoms with Crippen LogP contribution in [0, 0.1) is 0 Å². The van der Waals surface area contributed by atoms with Gasteiger partial charge in [0.15, 0.2) is 0 Å². The van der Waals surface area contributed by atoms with Gasteiger partial charge in [-0.25, -0.2) is 8.42 Å². The Balaban J connectivity index is 3.17. The van der Waals surface area contributed by atoms with Gasteiger partial charge in [-0.2, -0.15) is 0 Å². The van der Waals surface area contributed by atoms with E-state index in [-0.39, 0.29) is 0 Å². The molecule has 6 heteroatoms. The third-order valence-corrected chi connectivity index (χ3v) is 5.57. The van der Waals surface area contributed by atoms with Gasteiger partial charge >= 0.3 is 0 Å². The molecule has 0 heterocycles. The van der Waals surface area contributed by atoms with Crippen molar-refractivity contribution in [2.24, 2.45) is 0 Å². The summed E-state index contributed by atoms with van der Waals surface area (Å²) in [6.07, 6.45) is 0. The van der Waals surface area contributed by atoms with Gasteiger partial charge in [0.05, 0.1) is 4.90 Å². The number of sulfonamides is 1. The van der Waals surface area contributed by atoms with Crippen LogP contribution in [0.1, 0.15) is 0 Å². The second kappa shape index (κ2) is 4.20. The summed E-state index contributed by atoms with van der Waals surface area (Å²) in [7, 11) is -3.27. The van der Waals surface area contributed by atoms with Crippen molar-refractivity contribution in [1.29, 1.82) is 0 Å². The fourth-order valence-corrected chi connectivity index (χ4v) is 2.70. The van der Waals surface area contributed by atoms with Gasteiger partial charge in [-0.15, -0.1) is 0 Å². The Morgan fingerprint density at radius 3 is 2.00 bits per heavy atom. The van der Waals surface area contributed by atoms with E-state index in [2.05, 4.69) is 0 Å². The normalized spacial score (nSPS) is 11.9. The Kier molecular flexibility index (Phi) is 3.74. The Morgan fingerprint density at radius 1 is 1.08 bits per heavy atom. The molecular formula is C6H5I2NO2S. The molecule has 66 valence electrons. The van der Waals surface area contributed by atoms with Crippen LogP contribution in [0.2, 0.25) is 0 Å². The van der Waals surface area contributed by atoms with Gasteiger partial charge in [-0.05, 0) is 12.1 Å². The number of nitrogens with zero attached hydrogens (tertiary/aromatic N) is 1. The van der Waals surface area contributed by atoms with Crippen molar-refractivity contribution in [3.63, 3.8) is 0 Å². The molecule has 0 amide bonds. The third kappa shape index (κ3) is 2.30. The molecule has 0 N–H and O–H groups in total. The molecule has 0 aliphatic carbocycles. The van der Waals surface area contributed by atoms with Gasteiger partial charge in [-0.3, -0.25) is 0 Å². The van der Waals surface area contributed by atoms with Crippen LogP contribution >= 0.6 is 45.7 Å². The summed E-state index contributed by atoms with van der Waals surface area (Å²) in [6, 6.07) is 8.32. The van der Waals surface area contributed by atoms with E-state index >= 15 is 0 Å². The molecule has 0 aromatic heterocycles. The van der Waals surface area contributed by atoms with E-state index in [0.717, 1.165) is 0.732 Å². The highest BCUT2D eigenvalue weighted by Gasteiger charge is 2.18. The quantitative estimate of drug-likeness (QED) is 0.556. The lowest BCUT2D eigenvalue weighted by atomic mass is 10.4. The molecule has 0 aliphatic heterocycles. The van der Waals surface area contributed by atoms with E-state index in [1.165, 1.54) is 0 Å². The van der Waals surface area contributed by atoms with Crippen molar-refractivity contribution in [3.8, 4) is 0 Å². The fourth-order valence-electron chi connectivity index (χ4n) is 0.672. The second-order valence-corrected chi connectivity index (χ2v) is 8.86. The lowest BCUT2D eigenvalue weighted by Gasteiger charge is -2.05. The van der Waals surface area contributed by atoms with E-state index in [1.807, 2.05) is 0 Å². The minimum absolute atomic E-state index is 0.314. The maximum Gasteiger partial charge on any atom is 0.260 e. The molecule has 3 nitrogen and oxygen atoms in total. The van der Waals surface area contributed by atoms with E-state index in [0.29, 0.717) is 4.90 Å². The molecule has 0 bridgehead atoms. The summed E-state index contributed by atoms with van der Waals surface area (Å²) < 4.78 is 24.0. The van der Waals surface area contributed by atoms with Crippen LogP contribution in [-0.4, -0.2) is 9.15 Å². The van der Waals surface area contributed by atoms with Gasteiger partial charge < -0.3 is 0 Å². The van der Waals surface area contributed by atoms with Crippen LogP contribution in [0.3, 0.4) is 0 Å². The zero-order chi connectivity index (χ0) is 9.19. The molecule has 0 saturated carbocycles. The molecular weight excluding hydrogens is 404 g/mol. The topological polar surface area (TPSA) is 37.4 Å². The van der Waals surface area contributed by atoms with E-state index in [4.69, 9.17) is 0 Å². The van der Waals surface area contributed by atoms with Crippen molar-refractivity contribution in [3.05, 3.63) is 30.3 Å². The molecule has 0 spiro atoms. The van der Waals surface area contributed by atoms with Gasteiger partial charge in [0, 0.05) is 45.7 Å². The monoisotopic (exact) mass is 409 g/mol. The van der Waals surface area contributed by atoms with Crippen LogP contribution < -0.4 is 0 Å². The predicted octanol–water partition coefficient (Wildman–Crippen LogP) is 2.38. The standard InChI is InChI=1S/C6H5I2NO2S/c7-9(8)12(10,11)6-4-2-1-3-5-6/h1-5H. The Hall–Kier alpha value is 0.590. The maximum absolute atomic E-state index is 11.4. The lowest BCUT2D eigenvalue weighted by Crippen LogP contribution is -2.10. The van der Waals surface area contributed by atoms with Gasteiger partial charge in [0.2, 0.25) is 0 Å². The number of rotatable bonds is 2. The summed E-state index contributed by atoms with van der Waals surface area (Å²) in [5, 5.41) is 0. The lowest BCUT2D eigenvalue weighted by molar-refractivity contribution is 0.588. The Bertz CT molecular complexity index is 349. The summed E-state index contributed by atoms with van der Waals surface area (Å²) in [5.41, 5.74) is 0. The maximum atomic E-state index is 11.4. The minimum atomic E-state index is -3.27. The highest BCUT2D eigenvalue weighted by molar-refractivity contribution is 14.2. The average Bonchev–Trinajstić information content (AvgIpc) is 2.06. The molecule has 1 rings (SSSR count). The molecule has 0 saturated heterocycles. The zero-order valence-electron chi connectivity index (χ0n) is 5.81. The van der Waals surface area contributed by atoms with Crippen molar-refractivity contribution >= 4 is 55.8 Å². The molecule has 1 aromatic carbocycles. The first-order chi connectivity index (χ1) is 5.55. The van der Waals surface area contributed by atoms with Crippen molar-refractivity contribution in [2.45, 2.75) is 4.90 Å². The predicted molar refractivity (Wildman–Crippen MR) is 63.5 cm³/mol. The van der Waals surface area contributed by atoms with E-state index < -0.39 is 10.0 Å². The highest BCUT2D eigenvalue weighted by Crippen LogP contribution is 2.22. The minimum Gasteiger partial charge on any atom is -0.205 e. The Morgan fingerprint density at radius 2 is 1.58 bits per heavy atom. The smallest absolute Gasteiger partial charge is 0.205 e.